The molecular weight excluding hydrogens is 392 g/mol. The van der Waals surface area contributed by atoms with Crippen molar-refractivity contribution < 1.29 is 4.74 Å². The number of nitrogens with zero attached hydrogens (tertiary/aromatic N) is 3. The van der Waals surface area contributed by atoms with E-state index in [1.54, 1.807) is 12.4 Å². The maximum absolute atomic E-state index is 5.88. The highest BCUT2D eigenvalue weighted by Crippen LogP contribution is 2.22. The number of anilines is 1. The molecule has 0 radical (unpaired) electrons. The van der Waals surface area contributed by atoms with Gasteiger partial charge in [-0.15, -0.1) is 0 Å². The average Bonchev–Trinajstić information content (AvgIpc) is 2.96. The molecule has 132 valence electrons. The van der Waals surface area contributed by atoms with Crippen LogP contribution in [0.5, 0.6) is 5.75 Å². The summed E-state index contributed by atoms with van der Waals surface area (Å²) in [6.45, 7) is 2.33. The first-order chi connectivity index (χ1) is 12.6. The predicted molar refractivity (Wildman–Crippen MR) is 109 cm³/mol. The molecule has 3 aromatic rings. The lowest BCUT2D eigenvalue weighted by Crippen LogP contribution is -2.00. The Morgan fingerprint density at radius 1 is 1.23 bits per heavy atom. The number of nitrogens with two attached hydrogens (primary N) is 1. The second-order valence-electron chi connectivity index (χ2n) is 5.64. The van der Waals surface area contributed by atoms with Gasteiger partial charge in [-0.2, -0.15) is 5.10 Å². The van der Waals surface area contributed by atoms with Crippen molar-refractivity contribution in [1.29, 1.82) is 0 Å². The summed E-state index contributed by atoms with van der Waals surface area (Å²) in [4.78, 5) is 4.13. The van der Waals surface area contributed by atoms with Gasteiger partial charge in [0.1, 0.15) is 12.4 Å². The molecule has 0 aliphatic heterocycles. The molecule has 0 unspecified atom stereocenters. The van der Waals surface area contributed by atoms with Crippen LogP contribution >= 0.6 is 15.9 Å². The third-order valence-corrected chi connectivity index (χ3v) is 4.07. The first-order valence-electron chi connectivity index (χ1n) is 8.11. The van der Waals surface area contributed by atoms with E-state index in [1.807, 2.05) is 67.6 Å². The van der Waals surface area contributed by atoms with Crippen LogP contribution in [-0.4, -0.2) is 22.5 Å². The van der Waals surface area contributed by atoms with Crippen molar-refractivity contribution in [2.45, 2.75) is 6.92 Å². The molecule has 0 amide bonds. The number of ether oxygens (including phenoxy) is 1. The SMILES string of the molecule is Cc1cn(N=Cc2cc(Br)ccc2OCC=Cc2ccccc2)c(N)n1. The van der Waals surface area contributed by atoms with Crippen LogP contribution in [0.2, 0.25) is 0 Å². The van der Waals surface area contributed by atoms with Crippen molar-refractivity contribution in [3.05, 3.63) is 82.1 Å². The van der Waals surface area contributed by atoms with Gasteiger partial charge < -0.3 is 10.5 Å². The van der Waals surface area contributed by atoms with Crippen LogP contribution in [0.15, 0.2) is 70.4 Å². The highest BCUT2D eigenvalue weighted by molar-refractivity contribution is 9.10. The van der Waals surface area contributed by atoms with Gasteiger partial charge >= 0.3 is 0 Å². The molecule has 0 bridgehead atoms. The molecule has 1 heterocycles. The summed E-state index contributed by atoms with van der Waals surface area (Å²) < 4.78 is 8.37. The predicted octanol–water partition coefficient (Wildman–Crippen LogP) is 4.51. The molecule has 3 rings (SSSR count). The normalized spacial score (nSPS) is 11.5. The van der Waals surface area contributed by atoms with Gasteiger partial charge in [0.05, 0.1) is 18.1 Å². The van der Waals surface area contributed by atoms with Crippen LogP contribution in [0.1, 0.15) is 16.8 Å². The molecule has 2 aromatic carbocycles. The van der Waals surface area contributed by atoms with Gasteiger partial charge in [-0.25, -0.2) is 9.66 Å². The minimum absolute atomic E-state index is 0.349. The smallest absolute Gasteiger partial charge is 0.221 e. The molecule has 0 spiro atoms. The number of hydrogen-bond acceptors (Lipinski definition) is 4. The van der Waals surface area contributed by atoms with E-state index in [9.17, 15) is 0 Å². The van der Waals surface area contributed by atoms with E-state index in [0.29, 0.717) is 12.6 Å². The lowest BCUT2D eigenvalue weighted by Gasteiger charge is -2.07. The maximum Gasteiger partial charge on any atom is 0.221 e. The largest absolute Gasteiger partial charge is 0.489 e. The van der Waals surface area contributed by atoms with Gasteiger partial charge in [0, 0.05) is 10.0 Å². The Bertz CT molecular complexity index is 932. The fraction of sp³-hybridized carbons (Fsp3) is 0.100. The van der Waals surface area contributed by atoms with Gasteiger partial charge in [-0.3, -0.25) is 0 Å². The fourth-order valence-electron chi connectivity index (χ4n) is 2.36. The molecule has 5 nitrogen and oxygen atoms in total. The number of imidazole rings is 1. The van der Waals surface area contributed by atoms with Crippen molar-refractivity contribution in [2.75, 3.05) is 12.3 Å². The number of nitrogen functional groups attached to an aromatic ring is 1. The summed E-state index contributed by atoms with van der Waals surface area (Å²) in [6.07, 6.45) is 7.49. The highest BCUT2D eigenvalue weighted by atomic mass is 79.9. The third-order valence-electron chi connectivity index (χ3n) is 3.57. The zero-order chi connectivity index (χ0) is 18.4. The van der Waals surface area contributed by atoms with Gasteiger partial charge in [-0.05, 0) is 36.8 Å². The summed E-state index contributed by atoms with van der Waals surface area (Å²) in [5.74, 6) is 1.09. The summed E-state index contributed by atoms with van der Waals surface area (Å²) >= 11 is 3.48. The van der Waals surface area contributed by atoms with Gasteiger partial charge in [0.25, 0.3) is 0 Å². The number of rotatable bonds is 6. The first kappa shape index (κ1) is 17.9. The standard InChI is InChI=1S/C20H19BrN4O/c1-15-14-25(20(22)24-15)23-13-17-12-18(21)9-10-19(17)26-11-5-8-16-6-3-2-4-7-16/h2-10,12-14H,11H2,1H3,(H2,22,24). The van der Waals surface area contributed by atoms with Crippen LogP contribution < -0.4 is 10.5 Å². The number of benzene rings is 2. The van der Waals surface area contributed by atoms with Crippen LogP contribution in [-0.2, 0) is 0 Å². The number of hydrogen-bond donors (Lipinski definition) is 1. The molecule has 0 aliphatic carbocycles. The van der Waals surface area contributed by atoms with Crippen LogP contribution in [0.25, 0.3) is 6.08 Å². The topological polar surface area (TPSA) is 65.4 Å². The zero-order valence-corrected chi connectivity index (χ0v) is 15.9. The molecule has 0 saturated carbocycles. The Morgan fingerprint density at radius 2 is 2.04 bits per heavy atom. The van der Waals surface area contributed by atoms with E-state index in [4.69, 9.17) is 10.5 Å². The summed E-state index contributed by atoms with van der Waals surface area (Å²) in [5.41, 5.74) is 8.62. The van der Waals surface area contributed by atoms with Crippen LogP contribution in [0, 0.1) is 6.92 Å². The quantitative estimate of drug-likeness (QED) is 0.607. The van der Waals surface area contributed by atoms with E-state index in [-0.39, 0.29) is 0 Å². The van der Waals surface area contributed by atoms with Crippen LogP contribution in [0.4, 0.5) is 5.95 Å². The highest BCUT2D eigenvalue weighted by Gasteiger charge is 2.04. The van der Waals surface area contributed by atoms with Gasteiger partial charge in [-0.1, -0.05) is 52.3 Å². The van der Waals surface area contributed by atoms with E-state index in [1.165, 1.54) is 4.68 Å². The molecule has 1 aromatic heterocycles. The first-order valence-corrected chi connectivity index (χ1v) is 8.91. The van der Waals surface area contributed by atoms with Crippen molar-refractivity contribution in [1.82, 2.24) is 9.66 Å². The number of aryl methyl sites for hydroxylation is 1. The third kappa shape index (κ3) is 4.83. The van der Waals surface area contributed by atoms with Crippen molar-refractivity contribution in [3.63, 3.8) is 0 Å². The summed E-state index contributed by atoms with van der Waals surface area (Å²) in [5, 5.41) is 4.36. The molecular formula is C20H19BrN4O. The molecule has 6 heteroatoms. The Labute approximate surface area is 161 Å². The Hall–Kier alpha value is -2.86. The van der Waals surface area contributed by atoms with Gasteiger partial charge in [0.15, 0.2) is 0 Å². The second kappa shape index (κ2) is 8.49. The second-order valence-corrected chi connectivity index (χ2v) is 6.55. The Kier molecular flexibility index (Phi) is 5.86. The average molecular weight is 411 g/mol. The molecule has 0 atom stereocenters. The molecule has 2 N–H and O–H groups in total. The van der Waals surface area contributed by atoms with Crippen molar-refractivity contribution in [2.24, 2.45) is 5.10 Å². The summed E-state index contributed by atoms with van der Waals surface area (Å²) in [7, 11) is 0. The lowest BCUT2D eigenvalue weighted by atomic mass is 10.2. The van der Waals surface area contributed by atoms with E-state index < -0.39 is 0 Å². The summed E-state index contributed by atoms with van der Waals surface area (Å²) in [6, 6.07) is 15.9. The van der Waals surface area contributed by atoms with Crippen molar-refractivity contribution in [3.8, 4) is 5.75 Å². The molecule has 0 fully saturated rings. The van der Waals surface area contributed by atoms with E-state index >= 15 is 0 Å². The number of aromatic nitrogens is 2. The maximum atomic E-state index is 5.88. The monoisotopic (exact) mass is 410 g/mol. The lowest BCUT2D eigenvalue weighted by molar-refractivity contribution is 0.363. The zero-order valence-electron chi connectivity index (χ0n) is 14.3. The minimum atomic E-state index is 0.349. The van der Waals surface area contributed by atoms with Gasteiger partial charge in [0.2, 0.25) is 5.95 Å². The Morgan fingerprint density at radius 3 is 2.77 bits per heavy atom. The molecule has 0 saturated heterocycles. The minimum Gasteiger partial charge on any atom is -0.489 e. The van der Waals surface area contributed by atoms with E-state index in [2.05, 4.69) is 26.0 Å². The van der Waals surface area contributed by atoms with Crippen molar-refractivity contribution >= 4 is 34.2 Å². The van der Waals surface area contributed by atoms with E-state index in [0.717, 1.165) is 27.0 Å². The molecule has 26 heavy (non-hydrogen) atoms. The number of halogens is 1. The molecule has 0 aliphatic rings. The van der Waals surface area contributed by atoms with Crippen LogP contribution in [0.3, 0.4) is 0 Å². The fourth-order valence-corrected chi connectivity index (χ4v) is 2.74. The Balaban J connectivity index is 1.71.